The van der Waals surface area contributed by atoms with Gasteiger partial charge in [0.1, 0.15) is 24.9 Å². The number of aldehydes is 1. The van der Waals surface area contributed by atoms with Crippen molar-refractivity contribution in [3.63, 3.8) is 0 Å². The molecule has 0 aliphatic rings. The molecule has 0 amide bonds. The van der Waals surface area contributed by atoms with E-state index in [9.17, 15) is 4.79 Å². The van der Waals surface area contributed by atoms with Gasteiger partial charge in [0, 0.05) is 11.1 Å². The predicted molar refractivity (Wildman–Crippen MR) is 84.7 cm³/mol. The number of aromatic nitrogens is 1. The summed E-state index contributed by atoms with van der Waals surface area (Å²) in [5.41, 5.74) is 2.08. The zero-order valence-electron chi connectivity index (χ0n) is 12.6. The minimum atomic E-state index is 0.217. The fourth-order valence-electron chi connectivity index (χ4n) is 2.12. The lowest BCUT2D eigenvalue weighted by molar-refractivity contribution is 0.112. The molecule has 0 unspecified atom stereocenters. The van der Waals surface area contributed by atoms with Crippen molar-refractivity contribution in [3.05, 3.63) is 66.1 Å². The van der Waals surface area contributed by atoms with E-state index in [1.54, 1.807) is 31.6 Å². The number of benzene rings is 2. The van der Waals surface area contributed by atoms with Crippen molar-refractivity contribution in [3.8, 4) is 23.0 Å². The van der Waals surface area contributed by atoms with Crippen molar-refractivity contribution < 1.29 is 18.7 Å². The van der Waals surface area contributed by atoms with E-state index in [0.717, 1.165) is 11.8 Å². The molecule has 0 aliphatic heterocycles. The minimum Gasteiger partial charge on any atom is -0.493 e. The van der Waals surface area contributed by atoms with Crippen LogP contribution >= 0.6 is 0 Å². The molecule has 1 heterocycles. The predicted octanol–water partition coefficient (Wildman–Crippen LogP) is 3.74. The molecule has 23 heavy (non-hydrogen) atoms. The molecule has 2 aromatic carbocycles. The van der Waals surface area contributed by atoms with Crippen molar-refractivity contribution in [1.29, 1.82) is 0 Å². The summed E-state index contributed by atoms with van der Waals surface area (Å²) in [5.74, 6) is 1.58. The average Bonchev–Trinajstić information content (AvgIpc) is 3.09. The standard InChI is InChI=1S/C18H15NO4/c1-21-16-8-7-13(10-20)9-17(16)22-11-15-12-23-18(19-15)14-5-3-2-4-6-14/h2-10,12H,11H2,1H3. The number of ether oxygens (including phenoxy) is 2. The lowest BCUT2D eigenvalue weighted by Gasteiger charge is -2.09. The summed E-state index contributed by atoms with van der Waals surface area (Å²) in [6.07, 6.45) is 2.31. The number of hydrogen-bond acceptors (Lipinski definition) is 5. The normalized spacial score (nSPS) is 10.3. The van der Waals surface area contributed by atoms with Gasteiger partial charge in [0.2, 0.25) is 5.89 Å². The van der Waals surface area contributed by atoms with Crippen LogP contribution in [0.3, 0.4) is 0 Å². The van der Waals surface area contributed by atoms with Crippen LogP contribution in [0.25, 0.3) is 11.5 Å². The Morgan fingerprint density at radius 1 is 1.13 bits per heavy atom. The summed E-state index contributed by atoms with van der Waals surface area (Å²) in [4.78, 5) is 15.3. The quantitative estimate of drug-likeness (QED) is 0.649. The minimum absolute atomic E-state index is 0.217. The lowest BCUT2D eigenvalue weighted by atomic mass is 10.2. The lowest BCUT2D eigenvalue weighted by Crippen LogP contribution is -1.99. The Morgan fingerprint density at radius 3 is 2.70 bits per heavy atom. The molecule has 3 rings (SSSR count). The van der Waals surface area contributed by atoms with Crippen molar-refractivity contribution in [1.82, 2.24) is 4.98 Å². The molecule has 0 saturated carbocycles. The van der Waals surface area contributed by atoms with Crippen molar-refractivity contribution in [2.45, 2.75) is 6.61 Å². The van der Waals surface area contributed by atoms with Crippen LogP contribution in [0.4, 0.5) is 0 Å². The topological polar surface area (TPSA) is 61.6 Å². The Bertz CT molecular complexity index is 796. The molecule has 3 aromatic rings. The number of carbonyl (C=O) groups excluding carboxylic acids is 1. The van der Waals surface area contributed by atoms with Gasteiger partial charge in [-0.2, -0.15) is 0 Å². The second kappa shape index (κ2) is 6.79. The largest absolute Gasteiger partial charge is 0.493 e. The summed E-state index contributed by atoms with van der Waals surface area (Å²) >= 11 is 0. The van der Waals surface area contributed by atoms with Gasteiger partial charge in [0.25, 0.3) is 0 Å². The molecule has 5 nitrogen and oxygen atoms in total. The fraction of sp³-hybridized carbons (Fsp3) is 0.111. The fourth-order valence-corrected chi connectivity index (χ4v) is 2.12. The summed E-state index contributed by atoms with van der Waals surface area (Å²) < 4.78 is 16.4. The first-order chi connectivity index (χ1) is 11.3. The van der Waals surface area contributed by atoms with Crippen LogP contribution in [-0.2, 0) is 6.61 Å². The zero-order chi connectivity index (χ0) is 16.1. The molecular formula is C18H15NO4. The van der Waals surface area contributed by atoms with Crippen LogP contribution < -0.4 is 9.47 Å². The Hall–Kier alpha value is -3.08. The summed E-state index contributed by atoms with van der Waals surface area (Å²) in [6, 6.07) is 14.6. The number of carbonyl (C=O) groups is 1. The van der Waals surface area contributed by atoms with Crippen LogP contribution in [0.2, 0.25) is 0 Å². The average molecular weight is 309 g/mol. The maximum Gasteiger partial charge on any atom is 0.226 e. The summed E-state index contributed by atoms with van der Waals surface area (Å²) in [5, 5.41) is 0. The zero-order valence-corrected chi connectivity index (χ0v) is 12.6. The summed E-state index contributed by atoms with van der Waals surface area (Å²) in [6.45, 7) is 0.217. The molecular weight excluding hydrogens is 294 g/mol. The second-order valence-corrected chi connectivity index (χ2v) is 4.83. The first-order valence-electron chi connectivity index (χ1n) is 7.06. The van der Waals surface area contributed by atoms with E-state index in [4.69, 9.17) is 13.9 Å². The van der Waals surface area contributed by atoms with Gasteiger partial charge in [0.15, 0.2) is 11.5 Å². The van der Waals surface area contributed by atoms with Gasteiger partial charge in [-0.3, -0.25) is 4.79 Å². The van der Waals surface area contributed by atoms with Gasteiger partial charge in [-0.25, -0.2) is 4.98 Å². The van der Waals surface area contributed by atoms with E-state index >= 15 is 0 Å². The maximum atomic E-state index is 10.9. The number of nitrogens with zero attached hydrogens (tertiary/aromatic N) is 1. The van der Waals surface area contributed by atoms with Gasteiger partial charge >= 0.3 is 0 Å². The van der Waals surface area contributed by atoms with Gasteiger partial charge in [-0.15, -0.1) is 0 Å². The summed E-state index contributed by atoms with van der Waals surface area (Å²) in [7, 11) is 1.55. The molecule has 0 bridgehead atoms. The van der Waals surface area contributed by atoms with E-state index < -0.39 is 0 Å². The third-order valence-corrected chi connectivity index (χ3v) is 3.27. The molecule has 116 valence electrons. The van der Waals surface area contributed by atoms with E-state index in [2.05, 4.69) is 4.98 Å². The van der Waals surface area contributed by atoms with Gasteiger partial charge in [0.05, 0.1) is 7.11 Å². The van der Waals surface area contributed by atoms with Gasteiger partial charge in [-0.1, -0.05) is 18.2 Å². The Morgan fingerprint density at radius 2 is 1.96 bits per heavy atom. The van der Waals surface area contributed by atoms with Gasteiger partial charge in [-0.05, 0) is 30.3 Å². The highest BCUT2D eigenvalue weighted by Crippen LogP contribution is 2.28. The molecule has 0 spiro atoms. The Balaban J connectivity index is 1.74. The highest BCUT2D eigenvalue weighted by atomic mass is 16.5. The first kappa shape index (κ1) is 14.8. The van der Waals surface area contributed by atoms with Crippen molar-refractivity contribution >= 4 is 6.29 Å². The first-order valence-corrected chi connectivity index (χ1v) is 7.06. The van der Waals surface area contributed by atoms with E-state index in [-0.39, 0.29) is 6.61 Å². The highest BCUT2D eigenvalue weighted by molar-refractivity contribution is 5.76. The van der Waals surface area contributed by atoms with E-state index in [1.807, 2.05) is 30.3 Å². The molecule has 0 saturated heterocycles. The molecule has 0 aliphatic carbocycles. The number of methoxy groups -OCH3 is 1. The molecule has 0 N–H and O–H groups in total. The molecule has 0 fully saturated rings. The third kappa shape index (κ3) is 3.40. The van der Waals surface area contributed by atoms with Crippen molar-refractivity contribution in [2.24, 2.45) is 0 Å². The Kier molecular flexibility index (Phi) is 4.38. The number of oxazole rings is 1. The molecule has 0 radical (unpaired) electrons. The van der Waals surface area contributed by atoms with Crippen LogP contribution in [-0.4, -0.2) is 18.4 Å². The number of rotatable bonds is 6. The smallest absolute Gasteiger partial charge is 0.226 e. The highest BCUT2D eigenvalue weighted by Gasteiger charge is 2.09. The van der Waals surface area contributed by atoms with Crippen LogP contribution in [0.5, 0.6) is 11.5 Å². The maximum absolute atomic E-state index is 10.9. The van der Waals surface area contributed by atoms with Gasteiger partial charge < -0.3 is 13.9 Å². The number of hydrogen-bond donors (Lipinski definition) is 0. The Labute approximate surface area is 133 Å². The second-order valence-electron chi connectivity index (χ2n) is 4.83. The monoisotopic (exact) mass is 309 g/mol. The third-order valence-electron chi connectivity index (χ3n) is 3.27. The van der Waals surface area contributed by atoms with Crippen LogP contribution in [0.15, 0.2) is 59.2 Å². The molecule has 0 atom stereocenters. The van der Waals surface area contributed by atoms with E-state index in [1.165, 1.54) is 0 Å². The van der Waals surface area contributed by atoms with E-state index in [0.29, 0.717) is 28.6 Å². The molecule has 5 heteroatoms. The molecule has 1 aromatic heterocycles. The van der Waals surface area contributed by atoms with Crippen LogP contribution in [0, 0.1) is 0 Å². The SMILES string of the molecule is COc1ccc(C=O)cc1OCc1coc(-c2ccccc2)n1. The van der Waals surface area contributed by atoms with Crippen molar-refractivity contribution in [2.75, 3.05) is 7.11 Å². The van der Waals surface area contributed by atoms with Crippen LogP contribution in [0.1, 0.15) is 16.1 Å².